The predicted molar refractivity (Wildman–Crippen MR) is 84.9 cm³/mol. The van der Waals surface area contributed by atoms with Gasteiger partial charge in [0, 0.05) is 37.9 Å². The molecule has 126 valence electrons. The van der Waals surface area contributed by atoms with Gasteiger partial charge in [-0.2, -0.15) is 0 Å². The number of rotatable bonds is 3. The molecule has 7 heteroatoms. The molecule has 0 radical (unpaired) electrons. The van der Waals surface area contributed by atoms with E-state index >= 15 is 0 Å². The first kappa shape index (κ1) is 15.0. The van der Waals surface area contributed by atoms with Crippen molar-refractivity contribution in [1.29, 1.82) is 0 Å². The summed E-state index contributed by atoms with van der Waals surface area (Å²) < 4.78 is 18.1. The van der Waals surface area contributed by atoms with Gasteiger partial charge in [0.2, 0.25) is 6.79 Å². The fourth-order valence-electron chi connectivity index (χ4n) is 3.26. The van der Waals surface area contributed by atoms with Gasteiger partial charge in [0.1, 0.15) is 0 Å². The molecule has 1 aromatic heterocycles. The number of ether oxygens (including phenoxy) is 3. The maximum Gasteiger partial charge on any atom is 0.254 e. The number of aromatic nitrogens is 2. The normalized spacial score (nSPS) is 19.0. The highest BCUT2D eigenvalue weighted by molar-refractivity contribution is 5.95. The Bertz CT molecular complexity index is 758. The van der Waals surface area contributed by atoms with Crippen LogP contribution >= 0.6 is 0 Å². The molecule has 0 saturated carbocycles. The zero-order valence-corrected chi connectivity index (χ0v) is 13.5. The third kappa shape index (κ3) is 2.71. The smallest absolute Gasteiger partial charge is 0.254 e. The number of imidazole rings is 1. The number of fused-ring (bicyclic) bond motifs is 2. The van der Waals surface area contributed by atoms with Crippen LogP contribution in [0.3, 0.4) is 0 Å². The first-order valence-electron chi connectivity index (χ1n) is 7.91. The second-order valence-electron chi connectivity index (χ2n) is 6.11. The maximum atomic E-state index is 13.0. The zero-order chi connectivity index (χ0) is 16.5. The van der Waals surface area contributed by atoms with E-state index in [4.69, 9.17) is 14.2 Å². The standard InChI is InChI=1S/C17H19N3O4/c1-22-9-12-6-19(8-14-5-18-10-20(14)7-12)17(21)13-2-3-15-16(4-13)24-11-23-15/h2-5,10,12H,6-9,11H2,1H3/t12-/m1/s1. The molecular formula is C17H19N3O4. The summed E-state index contributed by atoms with van der Waals surface area (Å²) in [5, 5.41) is 0. The number of nitrogens with zero attached hydrogens (tertiary/aromatic N) is 3. The van der Waals surface area contributed by atoms with E-state index in [-0.39, 0.29) is 18.6 Å². The number of methoxy groups -OCH3 is 1. The van der Waals surface area contributed by atoms with Crippen molar-refractivity contribution in [2.75, 3.05) is 27.1 Å². The molecule has 2 aliphatic rings. The summed E-state index contributed by atoms with van der Waals surface area (Å²) in [6.45, 7) is 2.78. The van der Waals surface area contributed by atoms with Gasteiger partial charge < -0.3 is 23.7 Å². The van der Waals surface area contributed by atoms with Crippen molar-refractivity contribution in [2.24, 2.45) is 5.92 Å². The van der Waals surface area contributed by atoms with Crippen LogP contribution in [-0.4, -0.2) is 47.4 Å². The lowest BCUT2D eigenvalue weighted by atomic mass is 10.1. The van der Waals surface area contributed by atoms with E-state index in [0.29, 0.717) is 36.8 Å². The lowest BCUT2D eigenvalue weighted by Gasteiger charge is -2.24. The Morgan fingerprint density at radius 2 is 2.21 bits per heavy atom. The van der Waals surface area contributed by atoms with E-state index in [1.807, 2.05) is 17.4 Å². The largest absolute Gasteiger partial charge is 0.454 e. The Balaban J connectivity index is 1.60. The van der Waals surface area contributed by atoms with Gasteiger partial charge in [0.15, 0.2) is 11.5 Å². The molecule has 0 saturated heterocycles. The molecule has 0 unspecified atom stereocenters. The maximum absolute atomic E-state index is 13.0. The number of carbonyl (C=O) groups excluding carboxylic acids is 1. The molecule has 0 N–H and O–H groups in total. The van der Waals surface area contributed by atoms with Crippen molar-refractivity contribution in [2.45, 2.75) is 13.1 Å². The van der Waals surface area contributed by atoms with Crippen molar-refractivity contribution in [1.82, 2.24) is 14.5 Å². The molecule has 4 rings (SSSR count). The van der Waals surface area contributed by atoms with E-state index in [9.17, 15) is 4.79 Å². The van der Waals surface area contributed by atoms with Crippen LogP contribution in [0.1, 0.15) is 16.1 Å². The Morgan fingerprint density at radius 3 is 3.08 bits per heavy atom. The van der Waals surface area contributed by atoms with Crippen LogP contribution in [0.2, 0.25) is 0 Å². The molecule has 0 fully saturated rings. The summed E-state index contributed by atoms with van der Waals surface area (Å²) in [5.74, 6) is 1.50. The second-order valence-corrected chi connectivity index (χ2v) is 6.11. The summed E-state index contributed by atoms with van der Waals surface area (Å²) in [6, 6.07) is 5.31. The molecule has 0 aliphatic carbocycles. The lowest BCUT2D eigenvalue weighted by molar-refractivity contribution is 0.0667. The Kier molecular flexibility index (Phi) is 3.86. The molecule has 1 atom stereocenters. The number of hydrogen-bond acceptors (Lipinski definition) is 5. The van der Waals surface area contributed by atoms with Crippen LogP contribution in [-0.2, 0) is 17.8 Å². The summed E-state index contributed by atoms with van der Waals surface area (Å²) in [7, 11) is 1.68. The van der Waals surface area contributed by atoms with Crippen molar-refractivity contribution >= 4 is 5.91 Å². The van der Waals surface area contributed by atoms with Crippen molar-refractivity contribution in [3.8, 4) is 11.5 Å². The summed E-state index contributed by atoms with van der Waals surface area (Å²) in [5.41, 5.74) is 1.63. The Morgan fingerprint density at radius 1 is 1.33 bits per heavy atom. The van der Waals surface area contributed by atoms with Crippen molar-refractivity contribution in [3.05, 3.63) is 42.0 Å². The quantitative estimate of drug-likeness (QED) is 0.854. The SMILES string of the molecule is COC[C@@H]1CN(C(=O)c2ccc3c(c2)OCO3)Cc2cncn2C1. The molecule has 0 bridgehead atoms. The summed E-state index contributed by atoms with van der Waals surface area (Å²) >= 11 is 0. The van der Waals surface area contributed by atoms with Gasteiger partial charge in [0.25, 0.3) is 5.91 Å². The molecule has 1 aromatic carbocycles. The highest BCUT2D eigenvalue weighted by Gasteiger charge is 2.27. The molecule has 0 spiro atoms. The average molecular weight is 329 g/mol. The predicted octanol–water partition coefficient (Wildman–Crippen LogP) is 1.53. The van der Waals surface area contributed by atoms with E-state index in [2.05, 4.69) is 9.55 Å². The van der Waals surface area contributed by atoms with E-state index in [1.165, 1.54) is 0 Å². The number of benzene rings is 1. The fraction of sp³-hybridized carbons (Fsp3) is 0.412. The van der Waals surface area contributed by atoms with Gasteiger partial charge >= 0.3 is 0 Å². The highest BCUT2D eigenvalue weighted by atomic mass is 16.7. The molecule has 24 heavy (non-hydrogen) atoms. The third-order valence-electron chi connectivity index (χ3n) is 4.39. The minimum atomic E-state index is -0.0240. The van der Waals surface area contributed by atoms with Gasteiger partial charge in [-0.05, 0) is 18.2 Å². The van der Waals surface area contributed by atoms with Crippen molar-refractivity contribution < 1.29 is 19.0 Å². The fourth-order valence-corrected chi connectivity index (χ4v) is 3.26. The monoisotopic (exact) mass is 329 g/mol. The lowest BCUT2D eigenvalue weighted by Crippen LogP contribution is -2.35. The molecule has 3 heterocycles. The summed E-state index contributed by atoms with van der Waals surface area (Å²) in [4.78, 5) is 19.0. The van der Waals surface area contributed by atoms with Crippen LogP contribution in [0.5, 0.6) is 11.5 Å². The first-order chi connectivity index (χ1) is 11.7. The minimum Gasteiger partial charge on any atom is -0.454 e. The van der Waals surface area contributed by atoms with Crippen LogP contribution in [0.4, 0.5) is 0 Å². The Labute approximate surface area is 139 Å². The first-order valence-corrected chi connectivity index (χ1v) is 7.91. The second kappa shape index (κ2) is 6.16. The van der Waals surface area contributed by atoms with Crippen LogP contribution in [0.25, 0.3) is 0 Å². The minimum absolute atomic E-state index is 0.0240. The number of amides is 1. The third-order valence-corrected chi connectivity index (χ3v) is 4.39. The molecular weight excluding hydrogens is 310 g/mol. The average Bonchev–Trinajstić information content (AvgIpc) is 3.19. The van der Waals surface area contributed by atoms with E-state index in [1.54, 1.807) is 25.3 Å². The van der Waals surface area contributed by atoms with Crippen LogP contribution < -0.4 is 9.47 Å². The summed E-state index contributed by atoms with van der Waals surface area (Å²) in [6.07, 6.45) is 3.63. The number of carbonyl (C=O) groups is 1. The topological polar surface area (TPSA) is 65.8 Å². The zero-order valence-electron chi connectivity index (χ0n) is 13.5. The highest BCUT2D eigenvalue weighted by Crippen LogP contribution is 2.33. The van der Waals surface area contributed by atoms with Gasteiger partial charge in [-0.15, -0.1) is 0 Å². The Hall–Kier alpha value is -2.54. The molecule has 7 nitrogen and oxygen atoms in total. The van der Waals surface area contributed by atoms with E-state index in [0.717, 1.165) is 12.2 Å². The number of hydrogen-bond donors (Lipinski definition) is 0. The van der Waals surface area contributed by atoms with E-state index < -0.39 is 0 Å². The van der Waals surface area contributed by atoms with Gasteiger partial charge in [-0.1, -0.05) is 0 Å². The van der Waals surface area contributed by atoms with Crippen molar-refractivity contribution in [3.63, 3.8) is 0 Å². The van der Waals surface area contributed by atoms with Gasteiger partial charge in [0.05, 0.1) is 25.2 Å². The molecule has 2 aliphatic heterocycles. The van der Waals surface area contributed by atoms with Crippen LogP contribution in [0.15, 0.2) is 30.7 Å². The molecule has 2 aromatic rings. The van der Waals surface area contributed by atoms with Gasteiger partial charge in [-0.25, -0.2) is 4.98 Å². The van der Waals surface area contributed by atoms with Crippen LogP contribution in [0, 0.1) is 5.92 Å². The molecule has 1 amide bonds. The van der Waals surface area contributed by atoms with Gasteiger partial charge in [-0.3, -0.25) is 4.79 Å².